The Labute approximate surface area is 99.9 Å². The van der Waals surface area contributed by atoms with Gasteiger partial charge in [0, 0.05) is 24.0 Å². The maximum atomic E-state index is 5.60. The van der Waals surface area contributed by atoms with Gasteiger partial charge in [0.25, 0.3) is 0 Å². The van der Waals surface area contributed by atoms with Gasteiger partial charge >= 0.3 is 0 Å². The molecule has 16 heavy (non-hydrogen) atoms. The number of anilines is 1. The van der Waals surface area contributed by atoms with Gasteiger partial charge in [-0.2, -0.15) is 0 Å². The van der Waals surface area contributed by atoms with E-state index < -0.39 is 0 Å². The predicted octanol–water partition coefficient (Wildman–Crippen LogP) is 3.06. The van der Waals surface area contributed by atoms with Crippen LogP contribution in [0.5, 0.6) is 0 Å². The molecule has 0 aliphatic heterocycles. The molecule has 0 spiro atoms. The smallest absolute Gasteiger partial charge is 0.223 e. The Bertz CT molecular complexity index is 459. The number of unbranched alkanes of at least 4 members (excludes halogenated alkanes) is 1. The molecule has 3 nitrogen and oxygen atoms in total. The van der Waals surface area contributed by atoms with Gasteiger partial charge in [-0.3, -0.25) is 0 Å². The lowest BCUT2D eigenvalue weighted by Gasteiger charge is -2.04. The number of rotatable bonds is 5. The van der Waals surface area contributed by atoms with Gasteiger partial charge in [-0.25, -0.2) is 9.97 Å². The highest BCUT2D eigenvalue weighted by Gasteiger charge is 1.97. The summed E-state index contributed by atoms with van der Waals surface area (Å²) < 4.78 is 0. The molecule has 1 N–H and O–H groups in total. The molecule has 0 aliphatic rings. The Kier molecular flexibility index (Phi) is 3.94. The lowest BCUT2D eigenvalue weighted by molar-refractivity contribution is 0.832. The zero-order valence-corrected chi connectivity index (χ0v) is 9.74. The maximum Gasteiger partial charge on any atom is 0.223 e. The van der Waals surface area contributed by atoms with E-state index in [9.17, 15) is 0 Å². The molecule has 1 aromatic heterocycles. The van der Waals surface area contributed by atoms with Crippen LogP contribution >= 0.6 is 11.6 Å². The zero-order chi connectivity index (χ0) is 11.2. The van der Waals surface area contributed by atoms with Gasteiger partial charge in [0.15, 0.2) is 0 Å². The van der Waals surface area contributed by atoms with Crippen LogP contribution in [-0.2, 0) is 0 Å². The number of para-hydroxylation sites is 1. The molecule has 0 saturated carbocycles. The SMILES string of the molecule is ClCCCCNc1ncc2ccccc2n1. The second kappa shape index (κ2) is 5.66. The monoisotopic (exact) mass is 235 g/mol. The summed E-state index contributed by atoms with van der Waals surface area (Å²) in [5.74, 6) is 1.40. The van der Waals surface area contributed by atoms with E-state index in [1.165, 1.54) is 0 Å². The lowest BCUT2D eigenvalue weighted by Crippen LogP contribution is -2.05. The Morgan fingerprint density at radius 3 is 2.94 bits per heavy atom. The van der Waals surface area contributed by atoms with E-state index in [0.717, 1.165) is 30.3 Å². The molecule has 0 bridgehead atoms. The van der Waals surface area contributed by atoms with Crippen LogP contribution in [0.3, 0.4) is 0 Å². The predicted molar refractivity (Wildman–Crippen MR) is 68.0 cm³/mol. The fraction of sp³-hybridized carbons (Fsp3) is 0.333. The molecule has 0 atom stereocenters. The van der Waals surface area contributed by atoms with Crippen molar-refractivity contribution in [3.8, 4) is 0 Å². The number of aromatic nitrogens is 2. The van der Waals surface area contributed by atoms with E-state index in [0.29, 0.717) is 11.8 Å². The highest BCUT2D eigenvalue weighted by molar-refractivity contribution is 6.17. The van der Waals surface area contributed by atoms with Crippen molar-refractivity contribution in [2.24, 2.45) is 0 Å². The van der Waals surface area contributed by atoms with Crippen molar-refractivity contribution in [1.29, 1.82) is 0 Å². The van der Waals surface area contributed by atoms with Crippen LogP contribution in [-0.4, -0.2) is 22.4 Å². The Hall–Kier alpha value is -1.35. The summed E-state index contributed by atoms with van der Waals surface area (Å²) in [6, 6.07) is 7.96. The minimum atomic E-state index is 0.688. The first-order valence-corrected chi connectivity index (χ1v) is 5.95. The second-order valence-electron chi connectivity index (χ2n) is 3.58. The Balaban J connectivity index is 2.02. The van der Waals surface area contributed by atoms with Crippen LogP contribution in [0.25, 0.3) is 10.9 Å². The number of nitrogens with zero attached hydrogens (tertiary/aromatic N) is 2. The van der Waals surface area contributed by atoms with Gasteiger partial charge in [-0.1, -0.05) is 18.2 Å². The number of nitrogens with one attached hydrogen (secondary N) is 1. The molecular formula is C12H14ClN3. The van der Waals surface area contributed by atoms with Crippen molar-refractivity contribution in [3.63, 3.8) is 0 Å². The zero-order valence-electron chi connectivity index (χ0n) is 8.99. The van der Waals surface area contributed by atoms with Gasteiger partial charge in [0.1, 0.15) is 0 Å². The summed E-state index contributed by atoms with van der Waals surface area (Å²) in [4.78, 5) is 8.67. The fourth-order valence-corrected chi connectivity index (χ4v) is 1.67. The first kappa shape index (κ1) is 11.1. The summed E-state index contributed by atoms with van der Waals surface area (Å²) in [6.07, 6.45) is 3.90. The topological polar surface area (TPSA) is 37.8 Å². The summed E-state index contributed by atoms with van der Waals surface area (Å²) >= 11 is 5.60. The highest BCUT2D eigenvalue weighted by atomic mass is 35.5. The molecule has 0 saturated heterocycles. The fourth-order valence-electron chi connectivity index (χ4n) is 1.48. The number of benzene rings is 1. The van der Waals surface area contributed by atoms with Crippen molar-refractivity contribution in [1.82, 2.24) is 9.97 Å². The average molecular weight is 236 g/mol. The molecule has 2 aromatic rings. The largest absolute Gasteiger partial charge is 0.354 e. The summed E-state index contributed by atoms with van der Waals surface area (Å²) in [5.41, 5.74) is 0.970. The third-order valence-electron chi connectivity index (χ3n) is 2.33. The third kappa shape index (κ3) is 2.83. The molecule has 0 aliphatic carbocycles. The highest BCUT2D eigenvalue weighted by Crippen LogP contribution is 2.11. The van der Waals surface area contributed by atoms with Crippen LogP contribution in [0.15, 0.2) is 30.5 Å². The first-order valence-electron chi connectivity index (χ1n) is 5.42. The minimum Gasteiger partial charge on any atom is -0.354 e. The van der Waals surface area contributed by atoms with Gasteiger partial charge in [-0.05, 0) is 18.9 Å². The van der Waals surface area contributed by atoms with Crippen molar-refractivity contribution in [2.45, 2.75) is 12.8 Å². The van der Waals surface area contributed by atoms with E-state index in [4.69, 9.17) is 11.6 Å². The van der Waals surface area contributed by atoms with Crippen molar-refractivity contribution in [2.75, 3.05) is 17.7 Å². The van der Waals surface area contributed by atoms with Crippen molar-refractivity contribution in [3.05, 3.63) is 30.5 Å². The van der Waals surface area contributed by atoms with E-state index >= 15 is 0 Å². The number of hydrogen-bond donors (Lipinski definition) is 1. The molecule has 1 heterocycles. The van der Waals surface area contributed by atoms with Gasteiger partial charge in [0.2, 0.25) is 5.95 Å². The van der Waals surface area contributed by atoms with Gasteiger partial charge in [0.05, 0.1) is 5.52 Å². The molecule has 0 radical (unpaired) electrons. The quantitative estimate of drug-likeness (QED) is 0.639. The Morgan fingerprint density at radius 1 is 1.19 bits per heavy atom. The standard InChI is InChI=1S/C12H14ClN3/c13-7-3-4-8-14-12-15-9-10-5-1-2-6-11(10)16-12/h1-2,5-6,9H,3-4,7-8H2,(H,14,15,16). The van der Waals surface area contributed by atoms with Crippen LogP contribution in [0.2, 0.25) is 0 Å². The summed E-state index contributed by atoms with van der Waals surface area (Å²) in [7, 11) is 0. The molecule has 0 unspecified atom stereocenters. The molecular weight excluding hydrogens is 222 g/mol. The van der Waals surface area contributed by atoms with Crippen LogP contribution in [0.1, 0.15) is 12.8 Å². The molecule has 0 amide bonds. The Morgan fingerprint density at radius 2 is 2.06 bits per heavy atom. The van der Waals surface area contributed by atoms with Crippen LogP contribution in [0.4, 0.5) is 5.95 Å². The second-order valence-corrected chi connectivity index (χ2v) is 3.95. The molecule has 2 rings (SSSR count). The molecule has 0 fully saturated rings. The lowest BCUT2D eigenvalue weighted by atomic mass is 10.2. The average Bonchev–Trinajstić information content (AvgIpc) is 2.34. The minimum absolute atomic E-state index is 0.688. The van der Waals surface area contributed by atoms with E-state index in [-0.39, 0.29) is 0 Å². The van der Waals surface area contributed by atoms with Crippen LogP contribution < -0.4 is 5.32 Å². The van der Waals surface area contributed by atoms with Crippen LogP contribution in [0, 0.1) is 0 Å². The van der Waals surface area contributed by atoms with E-state index in [1.807, 2.05) is 30.5 Å². The van der Waals surface area contributed by atoms with E-state index in [2.05, 4.69) is 15.3 Å². The summed E-state index contributed by atoms with van der Waals surface area (Å²) in [5, 5.41) is 4.25. The molecule has 1 aromatic carbocycles. The molecule has 84 valence electrons. The third-order valence-corrected chi connectivity index (χ3v) is 2.60. The maximum absolute atomic E-state index is 5.60. The normalized spacial score (nSPS) is 10.6. The summed E-state index contributed by atoms with van der Waals surface area (Å²) in [6.45, 7) is 0.866. The van der Waals surface area contributed by atoms with Crippen molar-refractivity contribution >= 4 is 28.5 Å². The van der Waals surface area contributed by atoms with Crippen molar-refractivity contribution < 1.29 is 0 Å². The number of hydrogen-bond acceptors (Lipinski definition) is 3. The first-order chi connectivity index (χ1) is 7.90. The van der Waals surface area contributed by atoms with Gasteiger partial charge in [-0.15, -0.1) is 11.6 Å². The van der Waals surface area contributed by atoms with E-state index in [1.54, 1.807) is 0 Å². The number of alkyl halides is 1. The molecule has 4 heteroatoms. The number of halogens is 1. The van der Waals surface area contributed by atoms with Gasteiger partial charge < -0.3 is 5.32 Å². The number of fused-ring (bicyclic) bond motifs is 1.